The Bertz CT molecular complexity index is 1020. The first kappa shape index (κ1) is 17.1. The molecule has 0 aliphatic rings. The van der Waals surface area contributed by atoms with Gasteiger partial charge in [0.1, 0.15) is 11.4 Å². The molecule has 0 amide bonds. The van der Waals surface area contributed by atoms with Crippen LogP contribution in [0, 0.1) is 6.92 Å². The summed E-state index contributed by atoms with van der Waals surface area (Å²) >= 11 is 6.27. The second-order valence-corrected chi connectivity index (χ2v) is 5.99. The number of pyridine rings is 1. The lowest BCUT2D eigenvalue weighted by atomic mass is 10.1. The normalized spacial score (nSPS) is 10.9. The van der Waals surface area contributed by atoms with Crippen LogP contribution in [0.15, 0.2) is 39.7 Å². The number of carbonyl (C=O) groups is 1. The van der Waals surface area contributed by atoms with Gasteiger partial charge in [-0.25, -0.2) is 4.79 Å². The standard InChI is InChI=1S/C18H17ClN2O4/c1-4-24-18(23)14-15-11(7-8-25-15)17(22)21(3)16(14)20-13-6-5-10(2)9-12(13)19/h5-9,20H,4H2,1-3H3. The van der Waals surface area contributed by atoms with Crippen LogP contribution in [0.2, 0.25) is 5.02 Å². The molecular formula is C18H17ClN2O4. The zero-order valence-electron chi connectivity index (χ0n) is 14.1. The van der Waals surface area contributed by atoms with E-state index in [0.29, 0.717) is 16.1 Å². The lowest BCUT2D eigenvalue weighted by molar-refractivity contribution is 0.0528. The van der Waals surface area contributed by atoms with Crippen molar-refractivity contribution in [1.82, 2.24) is 4.57 Å². The van der Waals surface area contributed by atoms with Crippen LogP contribution in [-0.4, -0.2) is 17.1 Å². The van der Waals surface area contributed by atoms with Crippen molar-refractivity contribution in [3.63, 3.8) is 0 Å². The maximum Gasteiger partial charge on any atom is 0.345 e. The molecule has 0 fully saturated rings. The van der Waals surface area contributed by atoms with Crippen LogP contribution >= 0.6 is 11.6 Å². The van der Waals surface area contributed by atoms with Crippen molar-refractivity contribution in [2.45, 2.75) is 13.8 Å². The van der Waals surface area contributed by atoms with Crippen molar-refractivity contribution < 1.29 is 13.9 Å². The number of benzene rings is 1. The quantitative estimate of drug-likeness (QED) is 0.711. The third-order valence-corrected chi connectivity index (χ3v) is 4.17. The van der Waals surface area contributed by atoms with Gasteiger partial charge in [-0.1, -0.05) is 17.7 Å². The first-order valence-corrected chi connectivity index (χ1v) is 8.12. The highest BCUT2D eigenvalue weighted by atomic mass is 35.5. The van der Waals surface area contributed by atoms with Gasteiger partial charge in [-0.2, -0.15) is 0 Å². The molecule has 1 N–H and O–H groups in total. The van der Waals surface area contributed by atoms with Gasteiger partial charge in [0.2, 0.25) is 0 Å². The number of rotatable bonds is 4. The Morgan fingerprint density at radius 3 is 2.80 bits per heavy atom. The minimum atomic E-state index is -0.580. The predicted molar refractivity (Wildman–Crippen MR) is 96.9 cm³/mol. The Morgan fingerprint density at radius 2 is 2.12 bits per heavy atom. The summed E-state index contributed by atoms with van der Waals surface area (Å²) in [5.74, 6) is -0.319. The maximum absolute atomic E-state index is 12.5. The monoisotopic (exact) mass is 360 g/mol. The number of ether oxygens (including phenoxy) is 1. The van der Waals surface area contributed by atoms with E-state index in [-0.39, 0.29) is 29.1 Å². The molecular weight excluding hydrogens is 344 g/mol. The summed E-state index contributed by atoms with van der Waals surface area (Å²) < 4.78 is 11.9. The van der Waals surface area contributed by atoms with Gasteiger partial charge in [0.05, 0.1) is 29.0 Å². The molecule has 2 aromatic heterocycles. The predicted octanol–water partition coefficient (Wildman–Crippen LogP) is 4.01. The molecule has 2 heterocycles. The molecule has 1 aromatic carbocycles. The van der Waals surface area contributed by atoms with E-state index in [2.05, 4.69) is 5.32 Å². The second kappa shape index (κ2) is 6.64. The molecule has 6 nitrogen and oxygen atoms in total. The number of esters is 1. The number of aryl methyl sites for hydroxylation is 1. The average molecular weight is 361 g/mol. The minimum Gasteiger partial charge on any atom is -0.463 e. The van der Waals surface area contributed by atoms with Crippen LogP contribution < -0.4 is 10.9 Å². The van der Waals surface area contributed by atoms with Crippen molar-refractivity contribution in [3.05, 3.63) is 57.0 Å². The van der Waals surface area contributed by atoms with Crippen LogP contribution in [0.3, 0.4) is 0 Å². The molecule has 3 rings (SSSR count). The van der Waals surface area contributed by atoms with Gasteiger partial charge >= 0.3 is 5.97 Å². The number of hydrogen-bond donors (Lipinski definition) is 1. The summed E-state index contributed by atoms with van der Waals surface area (Å²) in [6.07, 6.45) is 1.37. The zero-order valence-corrected chi connectivity index (χ0v) is 14.8. The van der Waals surface area contributed by atoms with E-state index in [1.165, 1.54) is 16.9 Å². The number of furan rings is 1. The molecule has 0 atom stereocenters. The molecule has 0 saturated carbocycles. The van der Waals surface area contributed by atoms with E-state index >= 15 is 0 Å². The molecule has 130 valence electrons. The molecule has 25 heavy (non-hydrogen) atoms. The van der Waals surface area contributed by atoms with E-state index in [1.54, 1.807) is 26.1 Å². The maximum atomic E-state index is 12.5. The van der Waals surface area contributed by atoms with E-state index < -0.39 is 5.97 Å². The highest BCUT2D eigenvalue weighted by Crippen LogP contribution is 2.31. The van der Waals surface area contributed by atoms with Crippen molar-refractivity contribution in [1.29, 1.82) is 0 Å². The number of hydrogen-bond acceptors (Lipinski definition) is 5. The fourth-order valence-corrected chi connectivity index (χ4v) is 2.90. The van der Waals surface area contributed by atoms with Crippen molar-refractivity contribution >= 4 is 40.0 Å². The molecule has 0 radical (unpaired) electrons. The minimum absolute atomic E-state index is 0.153. The van der Waals surface area contributed by atoms with E-state index in [0.717, 1.165) is 5.56 Å². The summed E-state index contributed by atoms with van der Waals surface area (Å²) in [6.45, 7) is 3.84. The lowest BCUT2D eigenvalue weighted by Gasteiger charge is -2.16. The fourth-order valence-electron chi connectivity index (χ4n) is 2.62. The van der Waals surface area contributed by atoms with Crippen molar-refractivity contribution in [2.24, 2.45) is 7.05 Å². The molecule has 0 saturated heterocycles. The first-order chi connectivity index (χ1) is 11.9. The van der Waals surface area contributed by atoms with Crippen LogP contribution in [0.4, 0.5) is 11.5 Å². The summed E-state index contributed by atoms with van der Waals surface area (Å²) in [4.78, 5) is 25.0. The Labute approximate surface area is 149 Å². The molecule has 0 aliphatic heterocycles. The number of anilines is 2. The van der Waals surface area contributed by atoms with E-state index in [1.807, 2.05) is 13.0 Å². The highest BCUT2D eigenvalue weighted by Gasteiger charge is 2.24. The molecule has 0 aliphatic carbocycles. The number of carbonyl (C=O) groups excluding carboxylic acids is 1. The number of nitrogens with zero attached hydrogens (tertiary/aromatic N) is 1. The molecule has 3 aromatic rings. The highest BCUT2D eigenvalue weighted by molar-refractivity contribution is 6.33. The molecule has 0 unspecified atom stereocenters. The van der Waals surface area contributed by atoms with Gasteiger partial charge in [0.25, 0.3) is 5.56 Å². The molecule has 7 heteroatoms. The summed E-state index contributed by atoms with van der Waals surface area (Å²) in [6, 6.07) is 6.98. The van der Waals surface area contributed by atoms with Crippen LogP contribution in [0.5, 0.6) is 0 Å². The van der Waals surface area contributed by atoms with Gasteiger partial charge in [-0.15, -0.1) is 0 Å². The van der Waals surface area contributed by atoms with Crippen LogP contribution in [-0.2, 0) is 11.8 Å². The number of aromatic nitrogens is 1. The number of fused-ring (bicyclic) bond motifs is 1. The van der Waals surface area contributed by atoms with Gasteiger partial charge in [-0.05, 0) is 37.6 Å². The smallest absolute Gasteiger partial charge is 0.345 e. The Kier molecular flexibility index (Phi) is 4.55. The van der Waals surface area contributed by atoms with Gasteiger partial charge in [-0.3, -0.25) is 9.36 Å². The average Bonchev–Trinajstić information content (AvgIpc) is 3.04. The number of halogens is 1. The third kappa shape index (κ3) is 3.00. The molecule has 0 bridgehead atoms. The largest absolute Gasteiger partial charge is 0.463 e. The summed E-state index contributed by atoms with van der Waals surface area (Å²) in [5.41, 5.74) is 1.62. The Hall–Kier alpha value is -2.73. The zero-order chi connectivity index (χ0) is 18.1. The van der Waals surface area contributed by atoms with Gasteiger partial charge in [0, 0.05) is 7.05 Å². The van der Waals surface area contributed by atoms with Gasteiger partial charge in [0.15, 0.2) is 5.58 Å². The Balaban J connectivity index is 2.25. The topological polar surface area (TPSA) is 73.5 Å². The molecule has 0 spiro atoms. The SMILES string of the molecule is CCOC(=O)c1c(Nc2ccc(C)cc2Cl)n(C)c(=O)c2ccoc12. The van der Waals surface area contributed by atoms with Crippen molar-refractivity contribution in [3.8, 4) is 0 Å². The van der Waals surface area contributed by atoms with Gasteiger partial charge < -0.3 is 14.5 Å². The second-order valence-electron chi connectivity index (χ2n) is 5.58. The number of nitrogens with one attached hydrogen (secondary N) is 1. The fraction of sp³-hybridized carbons (Fsp3) is 0.222. The van der Waals surface area contributed by atoms with Crippen LogP contribution in [0.1, 0.15) is 22.8 Å². The Morgan fingerprint density at radius 1 is 1.36 bits per heavy atom. The van der Waals surface area contributed by atoms with Crippen LogP contribution in [0.25, 0.3) is 11.0 Å². The van der Waals surface area contributed by atoms with E-state index in [4.69, 9.17) is 20.8 Å². The van der Waals surface area contributed by atoms with E-state index in [9.17, 15) is 9.59 Å². The summed E-state index contributed by atoms with van der Waals surface area (Å²) in [5, 5.41) is 3.85. The third-order valence-electron chi connectivity index (χ3n) is 3.86. The lowest BCUT2D eigenvalue weighted by Crippen LogP contribution is -2.23. The summed E-state index contributed by atoms with van der Waals surface area (Å²) in [7, 11) is 1.57. The first-order valence-electron chi connectivity index (χ1n) is 7.74. The van der Waals surface area contributed by atoms with Crippen molar-refractivity contribution in [2.75, 3.05) is 11.9 Å².